The molecule has 0 saturated carbocycles. The summed E-state index contributed by atoms with van der Waals surface area (Å²) in [6, 6.07) is 4.59. The Morgan fingerprint density at radius 3 is 2.75 bits per heavy atom. The number of ether oxygens (including phenoxy) is 1. The Kier molecular flexibility index (Phi) is 7.04. The van der Waals surface area contributed by atoms with Gasteiger partial charge in [0.15, 0.2) is 0 Å². The summed E-state index contributed by atoms with van der Waals surface area (Å²) in [6.45, 7) is 3.08. The van der Waals surface area contributed by atoms with E-state index in [2.05, 4.69) is 22.3 Å². The highest BCUT2D eigenvalue weighted by atomic mass is 35.5. The highest BCUT2D eigenvalue weighted by Gasteiger charge is 2.11. The van der Waals surface area contributed by atoms with Crippen molar-refractivity contribution in [1.29, 1.82) is 0 Å². The van der Waals surface area contributed by atoms with Crippen LogP contribution in [0.15, 0.2) is 18.2 Å². The van der Waals surface area contributed by atoms with Crippen molar-refractivity contribution in [2.45, 2.75) is 19.8 Å². The first-order chi connectivity index (χ1) is 9.58. The van der Waals surface area contributed by atoms with Crippen molar-refractivity contribution in [3.05, 3.63) is 28.8 Å². The molecule has 6 heteroatoms. The number of amides is 1. The van der Waals surface area contributed by atoms with Crippen molar-refractivity contribution in [3.8, 4) is 0 Å². The lowest BCUT2D eigenvalue weighted by Crippen LogP contribution is -2.28. The van der Waals surface area contributed by atoms with Gasteiger partial charge in [-0.25, -0.2) is 4.79 Å². The van der Waals surface area contributed by atoms with Crippen molar-refractivity contribution < 1.29 is 14.3 Å². The smallest absolute Gasteiger partial charge is 0.337 e. The molecule has 0 spiro atoms. The van der Waals surface area contributed by atoms with Crippen molar-refractivity contribution >= 4 is 29.2 Å². The van der Waals surface area contributed by atoms with Crippen LogP contribution in [-0.2, 0) is 9.53 Å². The first-order valence-corrected chi connectivity index (χ1v) is 6.84. The molecule has 1 aromatic carbocycles. The topological polar surface area (TPSA) is 67.4 Å². The number of benzene rings is 1. The third-order valence-electron chi connectivity index (χ3n) is 2.65. The van der Waals surface area contributed by atoms with Crippen LogP contribution in [0.1, 0.15) is 30.1 Å². The van der Waals surface area contributed by atoms with Gasteiger partial charge < -0.3 is 15.4 Å². The maximum absolute atomic E-state index is 11.7. The summed E-state index contributed by atoms with van der Waals surface area (Å²) in [6.07, 6.45) is 2.09. The van der Waals surface area contributed by atoms with E-state index in [-0.39, 0.29) is 12.5 Å². The standard InChI is InChI=1S/C14H19ClN2O3/c1-3-4-7-16-9-13(18)17-12-8-10(14(19)20-2)5-6-11(12)15/h5-6,8,16H,3-4,7,9H2,1-2H3,(H,17,18). The lowest BCUT2D eigenvalue weighted by atomic mass is 10.2. The van der Waals surface area contributed by atoms with E-state index in [1.807, 2.05) is 0 Å². The van der Waals surface area contributed by atoms with Gasteiger partial charge >= 0.3 is 5.97 Å². The zero-order valence-electron chi connectivity index (χ0n) is 11.7. The van der Waals surface area contributed by atoms with Crippen molar-refractivity contribution in [2.24, 2.45) is 0 Å². The molecule has 0 aromatic heterocycles. The zero-order valence-corrected chi connectivity index (χ0v) is 12.4. The molecule has 0 aliphatic heterocycles. The Morgan fingerprint density at radius 1 is 1.35 bits per heavy atom. The molecule has 0 aliphatic carbocycles. The van der Waals surface area contributed by atoms with E-state index in [4.69, 9.17) is 11.6 Å². The molecule has 0 aliphatic rings. The minimum Gasteiger partial charge on any atom is -0.465 e. The average Bonchev–Trinajstić information content (AvgIpc) is 2.45. The second-order valence-electron chi connectivity index (χ2n) is 4.26. The summed E-state index contributed by atoms with van der Waals surface area (Å²) in [5.74, 6) is -0.678. The third kappa shape index (κ3) is 5.19. The van der Waals surface area contributed by atoms with E-state index in [1.54, 1.807) is 12.1 Å². The SMILES string of the molecule is CCCCNCC(=O)Nc1cc(C(=O)OC)ccc1Cl. The minimum atomic E-state index is -0.474. The summed E-state index contributed by atoms with van der Waals surface area (Å²) >= 11 is 5.98. The molecule has 0 bridgehead atoms. The number of hydrogen-bond donors (Lipinski definition) is 2. The van der Waals surface area contributed by atoms with Gasteiger partial charge in [0.05, 0.1) is 29.9 Å². The van der Waals surface area contributed by atoms with Gasteiger partial charge in [-0.15, -0.1) is 0 Å². The molecule has 0 radical (unpaired) electrons. The van der Waals surface area contributed by atoms with Crippen LogP contribution in [0.3, 0.4) is 0 Å². The van der Waals surface area contributed by atoms with Crippen LogP contribution >= 0.6 is 11.6 Å². The summed E-state index contributed by atoms with van der Waals surface area (Å²) in [5.41, 5.74) is 0.739. The zero-order chi connectivity index (χ0) is 15.0. The predicted octanol–water partition coefficient (Wildman–Crippen LogP) is 2.45. The summed E-state index contributed by atoms with van der Waals surface area (Å²) < 4.78 is 4.62. The van der Waals surface area contributed by atoms with Crippen molar-refractivity contribution in [3.63, 3.8) is 0 Å². The molecule has 2 N–H and O–H groups in total. The highest BCUT2D eigenvalue weighted by Crippen LogP contribution is 2.23. The fourth-order valence-electron chi connectivity index (χ4n) is 1.56. The number of methoxy groups -OCH3 is 1. The Labute approximate surface area is 123 Å². The fourth-order valence-corrected chi connectivity index (χ4v) is 1.73. The second-order valence-corrected chi connectivity index (χ2v) is 4.67. The Morgan fingerprint density at radius 2 is 2.10 bits per heavy atom. The monoisotopic (exact) mass is 298 g/mol. The number of anilines is 1. The predicted molar refractivity (Wildman–Crippen MR) is 79.2 cm³/mol. The van der Waals surface area contributed by atoms with Crippen LogP contribution in [-0.4, -0.2) is 32.1 Å². The average molecular weight is 299 g/mol. The molecule has 1 amide bonds. The molecule has 1 aromatic rings. The van der Waals surface area contributed by atoms with Gasteiger partial charge in [-0.3, -0.25) is 4.79 Å². The highest BCUT2D eigenvalue weighted by molar-refractivity contribution is 6.33. The van der Waals surface area contributed by atoms with E-state index in [9.17, 15) is 9.59 Å². The number of nitrogens with one attached hydrogen (secondary N) is 2. The molecule has 110 valence electrons. The number of esters is 1. The van der Waals surface area contributed by atoms with E-state index >= 15 is 0 Å². The lowest BCUT2D eigenvalue weighted by Gasteiger charge is -2.09. The fraction of sp³-hybridized carbons (Fsp3) is 0.429. The first kappa shape index (κ1) is 16.5. The van der Waals surface area contributed by atoms with Crippen LogP contribution in [0.5, 0.6) is 0 Å². The number of carbonyl (C=O) groups is 2. The molecule has 1 rings (SSSR count). The molecule has 0 fully saturated rings. The van der Waals surface area contributed by atoms with Gasteiger partial charge in [0, 0.05) is 0 Å². The molecule has 0 unspecified atom stereocenters. The lowest BCUT2D eigenvalue weighted by molar-refractivity contribution is -0.115. The van der Waals surface area contributed by atoms with Gasteiger partial charge in [0.1, 0.15) is 0 Å². The molecular formula is C14H19ClN2O3. The number of hydrogen-bond acceptors (Lipinski definition) is 4. The van der Waals surface area contributed by atoms with Crippen molar-refractivity contribution in [1.82, 2.24) is 5.32 Å². The summed E-state index contributed by atoms with van der Waals surface area (Å²) in [4.78, 5) is 23.1. The van der Waals surface area contributed by atoms with E-state index in [0.29, 0.717) is 16.3 Å². The summed E-state index contributed by atoms with van der Waals surface area (Å²) in [5, 5.41) is 6.07. The Bertz CT molecular complexity index is 477. The van der Waals surface area contributed by atoms with Gasteiger partial charge in [-0.2, -0.15) is 0 Å². The normalized spacial score (nSPS) is 10.2. The molecule has 20 heavy (non-hydrogen) atoms. The Balaban J connectivity index is 2.62. The molecule has 5 nitrogen and oxygen atoms in total. The quantitative estimate of drug-likeness (QED) is 0.599. The number of unbranched alkanes of at least 4 members (excludes halogenated alkanes) is 1. The number of rotatable bonds is 7. The van der Waals surface area contributed by atoms with Gasteiger partial charge in [-0.1, -0.05) is 24.9 Å². The number of carbonyl (C=O) groups excluding carboxylic acids is 2. The van der Waals surface area contributed by atoms with Crippen LogP contribution < -0.4 is 10.6 Å². The van der Waals surface area contributed by atoms with E-state index in [0.717, 1.165) is 19.4 Å². The molecule has 0 saturated heterocycles. The maximum atomic E-state index is 11.7. The van der Waals surface area contributed by atoms with E-state index < -0.39 is 5.97 Å². The third-order valence-corrected chi connectivity index (χ3v) is 2.98. The van der Waals surface area contributed by atoms with Gasteiger partial charge in [-0.05, 0) is 31.2 Å². The van der Waals surface area contributed by atoms with Crippen LogP contribution in [0, 0.1) is 0 Å². The van der Waals surface area contributed by atoms with Gasteiger partial charge in [0.25, 0.3) is 0 Å². The largest absolute Gasteiger partial charge is 0.465 e. The second kappa shape index (κ2) is 8.55. The van der Waals surface area contributed by atoms with E-state index in [1.165, 1.54) is 13.2 Å². The molecule has 0 atom stereocenters. The minimum absolute atomic E-state index is 0.204. The number of halogens is 1. The van der Waals surface area contributed by atoms with Crippen molar-refractivity contribution in [2.75, 3.05) is 25.5 Å². The van der Waals surface area contributed by atoms with Crippen LogP contribution in [0.25, 0.3) is 0 Å². The molecule has 0 heterocycles. The summed E-state index contributed by atoms with van der Waals surface area (Å²) in [7, 11) is 1.30. The molecular weight excluding hydrogens is 280 g/mol. The van der Waals surface area contributed by atoms with Crippen LogP contribution in [0.4, 0.5) is 5.69 Å². The maximum Gasteiger partial charge on any atom is 0.337 e. The Hall–Kier alpha value is -1.59. The van der Waals surface area contributed by atoms with Crippen LogP contribution in [0.2, 0.25) is 5.02 Å². The van der Waals surface area contributed by atoms with Gasteiger partial charge in [0.2, 0.25) is 5.91 Å². The first-order valence-electron chi connectivity index (χ1n) is 6.47.